The molecule has 0 bridgehead atoms. The lowest BCUT2D eigenvalue weighted by molar-refractivity contribution is -0.135. The number of carbonyl (C=O) groups is 1. The first-order valence-electron chi connectivity index (χ1n) is 7.72. The van der Waals surface area contributed by atoms with E-state index >= 15 is 0 Å². The summed E-state index contributed by atoms with van der Waals surface area (Å²) in [6.07, 6.45) is 0. The Morgan fingerprint density at radius 3 is 2.21 bits per heavy atom. The van der Waals surface area contributed by atoms with Gasteiger partial charge < -0.3 is 9.84 Å². The average molecular weight is 321 g/mol. The molecule has 0 aromatic heterocycles. The van der Waals surface area contributed by atoms with E-state index in [0.29, 0.717) is 11.3 Å². The van der Waals surface area contributed by atoms with Gasteiger partial charge in [0.2, 0.25) is 0 Å². The van der Waals surface area contributed by atoms with Gasteiger partial charge in [0.05, 0.1) is 18.5 Å². The fourth-order valence-electron chi connectivity index (χ4n) is 3.15. The molecule has 1 aliphatic carbocycles. The lowest BCUT2D eigenvalue weighted by atomic mass is 10.0. The molecule has 0 aliphatic heterocycles. The fourth-order valence-corrected chi connectivity index (χ4v) is 3.15. The van der Waals surface area contributed by atoms with Crippen molar-refractivity contribution in [3.05, 3.63) is 69.8 Å². The Kier molecular flexibility index (Phi) is 3.97. The van der Waals surface area contributed by atoms with Crippen LogP contribution in [0.25, 0.3) is 5.76 Å². The molecule has 0 fully saturated rings. The summed E-state index contributed by atoms with van der Waals surface area (Å²) in [6, 6.07) is 11.4. The Balaban J connectivity index is 2.27. The van der Waals surface area contributed by atoms with Crippen LogP contribution in [0.1, 0.15) is 27.8 Å². The molecule has 24 heavy (non-hydrogen) atoms. The summed E-state index contributed by atoms with van der Waals surface area (Å²) in [7, 11) is 1.30. The molecule has 1 N–H and O–H groups in total. The van der Waals surface area contributed by atoms with Crippen molar-refractivity contribution < 1.29 is 14.6 Å². The van der Waals surface area contributed by atoms with Gasteiger partial charge in [0.15, 0.2) is 0 Å². The van der Waals surface area contributed by atoms with Gasteiger partial charge in [0.1, 0.15) is 11.3 Å². The van der Waals surface area contributed by atoms with Gasteiger partial charge in [-0.3, -0.25) is 0 Å². The minimum atomic E-state index is -0.593. The van der Waals surface area contributed by atoms with E-state index in [4.69, 9.17) is 9.73 Å². The molecule has 1 aliphatic rings. The van der Waals surface area contributed by atoms with Crippen LogP contribution in [0.4, 0.5) is 5.69 Å². The van der Waals surface area contributed by atoms with Crippen LogP contribution in [0.5, 0.6) is 0 Å². The number of esters is 1. The Hall–Kier alpha value is -2.88. The number of nitrogens with zero attached hydrogens (tertiary/aromatic N) is 1. The van der Waals surface area contributed by atoms with Crippen LogP contribution in [0, 0.1) is 20.8 Å². The number of benzene rings is 2. The molecule has 0 radical (unpaired) electrons. The van der Waals surface area contributed by atoms with Crippen molar-refractivity contribution in [1.82, 2.24) is 0 Å². The number of hydrogen-bond acceptors (Lipinski definition) is 4. The highest BCUT2D eigenvalue weighted by molar-refractivity contribution is 6.35. The number of aliphatic hydroxyl groups is 1. The van der Waals surface area contributed by atoms with Gasteiger partial charge in [-0.1, -0.05) is 42.0 Å². The third kappa shape index (κ3) is 2.50. The van der Waals surface area contributed by atoms with E-state index in [2.05, 4.69) is 12.1 Å². The number of aliphatic hydroxyl groups excluding tert-OH is 1. The zero-order chi connectivity index (χ0) is 17.4. The molecular weight excluding hydrogens is 302 g/mol. The SMILES string of the molecule is COC(=O)C1=C(O)c2ccccc2C1=Nc1c(C)cc(C)cc1C. The largest absolute Gasteiger partial charge is 0.506 e. The minimum absolute atomic E-state index is 0.0846. The molecule has 4 heteroatoms. The summed E-state index contributed by atoms with van der Waals surface area (Å²) < 4.78 is 4.85. The maximum absolute atomic E-state index is 12.2. The van der Waals surface area contributed by atoms with Crippen LogP contribution in [0.15, 0.2) is 47.0 Å². The number of ether oxygens (including phenoxy) is 1. The summed E-state index contributed by atoms with van der Waals surface area (Å²) in [5.74, 6) is -0.677. The van der Waals surface area contributed by atoms with Gasteiger partial charge in [-0.15, -0.1) is 0 Å². The van der Waals surface area contributed by atoms with Crippen molar-refractivity contribution in [3.63, 3.8) is 0 Å². The molecule has 4 nitrogen and oxygen atoms in total. The number of hydrogen-bond donors (Lipinski definition) is 1. The lowest BCUT2D eigenvalue weighted by Gasteiger charge is -2.10. The molecule has 3 rings (SSSR count). The summed E-state index contributed by atoms with van der Waals surface area (Å²) >= 11 is 0. The summed E-state index contributed by atoms with van der Waals surface area (Å²) in [6.45, 7) is 6.01. The molecule has 0 spiro atoms. The summed E-state index contributed by atoms with van der Waals surface area (Å²) in [5, 5.41) is 10.5. The van der Waals surface area contributed by atoms with Gasteiger partial charge in [-0.2, -0.15) is 0 Å². The van der Waals surface area contributed by atoms with Gasteiger partial charge in [0.25, 0.3) is 0 Å². The number of fused-ring (bicyclic) bond motifs is 1. The highest BCUT2D eigenvalue weighted by Gasteiger charge is 2.33. The molecule has 2 aromatic carbocycles. The normalized spacial score (nSPS) is 14.9. The first kappa shape index (κ1) is 16.0. The Morgan fingerprint density at radius 1 is 1.04 bits per heavy atom. The van der Waals surface area contributed by atoms with Crippen LogP contribution >= 0.6 is 0 Å². The Labute approximate surface area is 141 Å². The van der Waals surface area contributed by atoms with Crippen molar-refractivity contribution in [2.24, 2.45) is 4.99 Å². The zero-order valence-corrected chi connectivity index (χ0v) is 14.2. The summed E-state index contributed by atoms with van der Waals surface area (Å²) in [5.41, 5.74) is 5.90. The van der Waals surface area contributed by atoms with E-state index in [1.54, 1.807) is 6.07 Å². The van der Waals surface area contributed by atoms with Gasteiger partial charge in [0, 0.05) is 11.1 Å². The van der Waals surface area contributed by atoms with E-state index in [-0.39, 0.29) is 11.3 Å². The van der Waals surface area contributed by atoms with E-state index in [1.165, 1.54) is 7.11 Å². The van der Waals surface area contributed by atoms with E-state index in [0.717, 1.165) is 27.9 Å². The van der Waals surface area contributed by atoms with Crippen LogP contribution in [0.2, 0.25) is 0 Å². The third-order valence-electron chi connectivity index (χ3n) is 4.16. The second-order valence-corrected chi connectivity index (χ2v) is 5.97. The number of aryl methyl sites for hydroxylation is 3. The lowest BCUT2D eigenvalue weighted by Crippen LogP contribution is -2.13. The number of rotatable bonds is 2. The highest BCUT2D eigenvalue weighted by Crippen LogP contribution is 2.35. The topological polar surface area (TPSA) is 58.9 Å². The van der Waals surface area contributed by atoms with E-state index < -0.39 is 5.97 Å². The van der Waals surface area contributed by atoms with E-state index in [9.17, 15) is 9.90 Å². The van der Waals surface area contributed by atoms with Crippen LogP contribution < -0.4 is 0 Å². The smallest absolute Gasteiger partial charge is 0.343 e. The van der Waals surface area contributed by atoms with Gasteiger partial charge in [-0.05, 0) is 31.9 Å². The van der Waals surface area contributed by atoms with Crippen molar-refractivity contribution in [2.75, 3.05) is 7.11 Å². The number of carbonyl (C=O) groups excluding carboxylic acids is 1. The second-order valence-electron chi connectivity index (χ2n) is 5.97. The molecule has 0 heterocycles. The Bertz CT molecular complexity index is 884. The van der Waals surface area contributed by atoms with Crippen molar-refractivity contribution >= 4 is 23.1 Å². The van der Waals surface area contributed by atoms with Crippen LogP contribution in [-0.2, 0) is 9.53 Å². The van der Waals surface area contributed by atoms with Crippen molar-refractivity contribution in [1.29, 1.82) is 0 Å². The molecule has 2 aromatic rings. The summed E-state index contributed by atoms with van der Waals surface area (Å²) in [4.78, 5) is 16.9. The quantitative estimate of drug-likeness (QED) is 0.844. The van der Waals surface area contributed by atoms with Crippen LogP contribution in [-0.4, -0.2) is 23.9 Å². The predicted octanol–water partition coefficient (Wildman–Crippen LogP) is 4.19. The number of aliphatic imine (C=N–C) groups is 1. The monoisotopic (exact) mass is 321 g/mol. The molecule has 122 valence electrons. The Morgan fingerprint density at radius 2 is 1.62 bits per heavy atom. The van der Waals surface area contributed by atoms with Crippen LogP contribution in [0.3, 0.4) is 0 Å². The van der Waals surface area contributed by atoms with Gasteiger partial charge >= 0.3 is 5.97 Å². The van der Waals surface area contributed by atoms with Crippen molar-refractivity contribution in [2.45, 2.75) is 20.8 Å². The third-order valence-corrected chi connectivity index (χ3v) is 4.16. The first-order chi connectivity index (χ1) is 11.4. The zero-order valence-electron chi connectivity index (χ0n) is 14.2. The average Bonchev–Trinajstić information content (AvgIpc) is 2.83. The second kappa shape index (κ2) is 5.96. The van der Waals surface area contributed by atoms with Gasteiger partial charge in [-0.25, -0.2) is 9.79 Å². The fraction of sp³-hybridized carbons (Fsp3) is 0.200. The number of methoxy groups -OCH3 is 1. The molecule has 0 saturated heterocycles. The van der Waals surface area contributed by atoms with E-state index in [1.807, 2.05) is 39.0 Å². The molecule has 0 unspecified atom stereocenters. The maximum Gasteiger partial charge on any atom is 0.343 e. The van der Waals surface area contributed by atoms with Crippen molar-refractivity contribution in [3.8, 4) is 0 Å². The minimum Gasteiger partial charge on any atom is -0.506 e. The highest BCUT2D eigenvalue weighted by atomic mass is 16.5. The standard InChI is InChI=1S/C20H19NO3/c1-11-9-12(2)17(13(3)10-11)21-18-14-7-5-6-8-15(14)19(22)16(18)20(23)24-4/h5-10,22H,1-4H3. The molecule has 0 amide bonds. The maximum atomic E-state index is 12.2. The molecule has 0 atom stereocenters. The molecule has 0 saturated carbocycles. The molecular formula is C20H19NO3. The predicted molar refractivity (Wildman–Crippen MR) is 94.9 cm³/mol. The first-order valence-corrected chi connectivity index (χ1v) is 7.72.